The minimum absolute atomic E-state index is 0.0498. The highest BCUT2D eigenvalue weighted by Crippen LogP contribution is 2.40. The second-order valence-electron chi connectivity index (χ2n) is 5.19. The predicted octanol–water partition coefficient (Wildman–Crippen LogP) is 3.42. The number of methoxy groups -OCH3 is 2. The van der Waals surface area contributed by atoms with Gasteiger partial charge < -0.3 is 9.47 Å². The number of thiophene rings is 2. The smallest absolute Gasteiger partial charge is 0.339 e. The molecule has 8 heteroatoms. The fraction of sp³-hybridized carbons (Fsp3) is 0.111. The Balaban J connectivity index is 2.44. The van der Waals surface area contributed by atoms with Crippen LogP contribution in [0.4, 0.5) is 0 Å². The van der Waals surface area contributed by atoms with Gasteiger partial charge in [-0.25, -0.2) is 9.59 Å². The second kappa shape index (κ2) is 7.19. The lowest BCUT2D eigenvalue weighted by Crippen LogP contribution is -2.30. The van der Waals surface area contributed by atoms with Crippen molar-refractivity contribution in [2.45, 2.75) is 0 Å². The third kappa shape index (κ3) is 2.83. The first-order valence-electron chi connectivity index (χ1n) is 7.42. The molecule has 1 aliphatic rings. The van der Waals surface area contributed by atoms with Gasteiger partial charge in [-0.15, -0.1) is 22.7 Å². The maximum Gasteiger partial charge on any atom is 0.339 e. The molecule has 0 aliphatic heterocycles. The van der Waals surface area contributed by atoms with Gasteiger partial charge in [-0.2, -0.15) is 0 Å². The van der Waals surface area contributed by atoms with Gasteiger partial charge in [-0.05, 0) is 22.9 Å². The van der Waals surface area contributed by atoms with E-state index in [2.05, 4.69) is 0 Å². The molecule has 0 radical (unpaired) electrons. The normalized spacial score (nSPS) is 14.7. The number of carbonyl (C=O) groups excluding carboxylic acids is 2. The van der Waals surface area contributed by atoms with E-state index in [-0.39, 0.29) is 33.7 Å². The van der Waals surface area contributed by atoms with Gasteiger partial charge in [-0.1, -0.05) is 12.1 Å². The molecule has 0 bridgehead atoms. The first-order valence-corrected chi connectivity index (χ1v) is 9.18. The largest absolute Gasteiger partial charge is 0.465 e. The molecule has 1 aliphatic carbocycles. The highest BCUT2D eigenvalue weighted by atomic mass is 32.1. The Hall–Kier alpha value is -2.84. The minimum Gasteiger partial charge on any atom is -0.465 e. The lowest BCUT2D eigenvalue weighted by molar-refractivity contribution is -0.139. The van der Waals surface area contributed by atoms with Crippen LogP contribution in [0.1, 0.15) is 9.75 Å². The molecule has 0 fully saturated rings. The summed E-state index contributed by atoms with van der Waals surface area (Å²) in [5.74, 6) is -1.50. The van der Waals surface area contributed by atoms with Gasteiger partial charge in [0, 0.05) is 20.9 Å². The van der Waals surface area contributed by atoms with Crippen LogP contribution in [-0.2, 0) is 19.1 Å². The van der Waals surface area contributed by atoms with E-state index < -0.39 is 11.9 Å². The van der Waals surface area contributed by atoms with Crippen LogP contribution in [-0.4, -0.2) is 37.6 Å². The van der Waals surface area contributed by atoms with Crippen LogP contribution >= 0.6 is 22.7 Å². The molecule has 2 aromatic heterocycles. The van der Waals surface area contributed by atoms with Crippen molar-refractivity contribution in [3.05, 3.63) is 55.9 Å². The highest BCUT2D eigenvalue weighted by molar-refractivity contribution is 7.13. The van der Waals surface area contributed by atoms with Crippen molar-refractivity contribution < 1.29 is 19.1 Å². The van der Waals surface area contributed by atoms with Crippen LogP contribution in [0.2, 0.25) is 0 Å². The number of hydrogen-bond donors (Lipinski definition) is 2. The van der Waals surface area contributed by atoms with E-state index in [0.29, 0.717) is 9.75 Å². The van der Waals surface area contributed by atoms with Crippen molar-refractivity contribution >= 4 is 57.2 Å². The Kier molecular flexibility index (Phi) is 4.97. The molecule has 0 unspecified atom stereocenters. The molecule has 0 aromatic carbocycles. The van der Waals surface area contributed by atoms with E-state index in [9.17, 15) is 9.59 Å². The van der Waals surface area contributed by atoms with Gasteiger partial charge in [0.1, 0.15) is 0 Å². The van der Waals surface area contributed by atoms with Gasteiger partial charge in [0.25, 0.3) is 0 Å². The van der Waals surface area contributed by atoms with Crippen LogP contribution in [0.5, 0.6) is 0 Å². The Bertz CT molecular complexity index is 887. The van der Waals surface area contributed by atoms with Crippen LogP contribution in [0, 0.1) is 10.8 Å². The SMILES string of the molecule is COC(=O)C1=C(c2cccs2)C(=N)C(=N)C(c2cccs2)=C1C(=O)OC. The van der Waals surface area contributed by atoms with Crippen LogP contribution in [0.3, 0.4) is 0 Å². The summed E-state index contributed by atoms with van der Waals surface area (Å²) in [6.45, 7) is 0. The topological polar surface area (TPSA) is 100 Å². The number of esters is 2. The first kappa shape index (κ1) is 18.0. The summed E-state index contributed by atoms with van der Waals surface area (Å²) in [4.78, 5) is 26.4. The van der Waals surface area contributed by atoms with E-state index in [1.807, 2.05) is 0 Å². The molecular weight excluding hydrogens is 372 g/mol. The molecule has 0 saturated carbocycles. The van der Waals surface area contributed by atoms with Gasteiger partial charge in [0.15, 0.2) is 0 Å². The fourth-order valence-electron chi connectivity index (χ4n) is 2.70. The molecule has 132 valence electrons. The minimum atomic E-state index is -0.750. The summed E-state index contributed by atoms with van der Waals surface area (Å²) in [7, 11) is 2.43. The van der Waals surface area contributed by atoms with E-state index in [1.165, 1.54) is 36.9 Å². The number of ether oxygens (including phenoxy) is 2. The molecule has 26 heavy (non-hydrogen) atoms. The number of allylic oxidation sites excluding steroid dienone is 2. The van der Waals surface area contributed by atoms with Crippen LogP contribution in [0.15, 0.2) is 46.2 Å². The Morgan fingerprint density at radius 2 is 1.19 bits per heavy atom. The van der Waals surface area contributed by atoms with Crippen molar-refractivity contribution in [1.82, 2.24) is 0 Å². The van der Waals surface area contributed by atoms with Crippen molar-refractivity contribution in [2.75, 3.05) is 14.2 Å². The molecular formula is C18H14N2O4S2. The molecule has 2 aromatic rings. The van der Waals surface area contributed by atoms with Crippen LogP contribution in [0.25, 0.3) is 11.1 Å². The maximum absolute atomic E-state index is 12.6. The van der Waals surface area contributed by atoms with E-state index >= 15 is 0 Å². The number of hydrogen-bond acceptors (Lipinski definition) is 8. The zero-order chi connectivity index (χ0) is 18.8. The monoisotopic (exact) mass is 386 g/mol. The lowest BCUT2D eigenvalue weighted by Gasteiger charge is -2.24. The maximum atomic E-state index is 12.6. The first-order chi connectivity index (χ1) is 12.5. The Morgan fingerprint density at radius 1 is 0.808 bits per heavy atom. The quantitative estimate of drug-likeness (QED) is 0.621. The summed E-state index contributed by atoms with van der Waals surface area (Å²) in [6.07, 6.45) is 0. The molecule has 2 heterocycles. The second-order valence-corrected chi connectivity index (χ2v) is 7.08. The van der Waals surface area contributed by atoms with Gasteiger partial charge in [0.2, 0.25) is 0 Å². The van der Waals surface area contributed by atoms with Crippen molar-refractivity contribution in [3.63, 3.8) is 0 Å². The standard InChI is InChI=1S/C18H14N2O4S2/c1-23-17(21)13-11(9-5-3-7-25-9)15(19)16(20)12(10-6-4-8-26-10)14(13)18(22)24-2/h3-8,19-20H,1-2H3. The zero-order valence-electron chi connectivity index (χ0n) is 13.9. The summed E-state index contributed by atoms with van der Waals surface area (Å²) >= 11 is 2.62. The molecule has 0 saturated heterocycles. The highest BCUT2D eigenvalue weighted by Gasteiger charge is 2.39. The fourth-order valence-corrected chi connectivity index (χ4v) is 4.26. The average molecular weight is 386 g/mol. The van der Waals surface area contributed by atoms with E-state index in [0.717, 1.165) is 0 Å². The summed E-state index contributed by atoms with van der Waals surface area (Å²) in [5, 5.41) is 20.6. The third-order valence-electron chi connectivity index (χ3n) is 3.81. The molecule has 3 rings (SSSR count). The predicted molar refractivity (Wildman–Crippen MR) is 102 cm³/mol. The zero-order valence-corrected chi connectivity index (χ0v) is 15.5. The number of carbonyl (C=O) groups is 2. The summed E-state index contributed by atoms with van der Waals surface area (Å²) < 4.78 is 9.79. The number of rotatable bonds is 4. The van der Waals surface area contributed by atoms with Gasteiger partial charge in [0.05, 0.1) is 36.8 Å². The summed E-state index contributed by atoms with van der Waals surface area (Å²) in [6, 6.07) is 7.01. The molecule has 0 amide bonds. The lowest BCUT2D eigenvalue weighted by atomic mass is 9.81. The Labute approximate surface area is 157 Å². The van der Waals surface area contributed by atoms with E-state index in [1.54, 1.807) is 35.0 Å². The van der Waals surface area contributed by atoms with Gasteiger partial charge >= 0.3 is 11.9 Å². The average Bonchev–Trinajstić information content (AvgIpc) is 3.35. The Morgan fingerprint density at radius 3 is 1.46 bits per heavy atom. The van der Waals surface area contributed by atoms with Crippen molar-refractivity contribution in [1.29, 1.82) is 10.8 Å². The molecule has 6 nitrogen and oxygen atoms in total. The third-order valence-corrected chi connectivity index (χ3v) is 5.59. The summed E-state index contributed by atoms with van der Waals surface area (Å²) in [5.41, 5.74) is 0.0420. The molecule has 0 spiro atoms. The van der Waals surface area contributed by atoms with E-state index in [4.69, 9.17) is 20.3 Å². The number of nitrogens with one attached hydrogen (secondary N) is 2. The molecule has 0 atom stereocenters. The van der Waals surface area contributed by atoms with Crippen LogP contribution < -0.4 is 0 Å². The van der Waals surface area contributed by atoms with Crippen molar-refractivity contribution in [3.8, 4) is 0 Å². The molecule has 2 N–H and O–H groups in total. The van der Waals surface area contributed by atoms with Gasteiger partial charge in [-0.3, -0.25) is 10.8 Å². The van der Waals surface area contributed by atoms with Crippen molar-refractivity contribution in [2.24, 2.45) is 0 Å².